The lowest BCUT2D eigenvalue weighted by Gasteiger charge is -2.13. The van der Waals surface area contributed by atoms with Crippen LogP contribution in [0.5, 0.6) is 0 Å². The van der Waals surface area contributed by atoms with Gasteiger partial charge in [0.2, 0.25) is 0 Å². The van der Waals surface area contributed by atoms with E-state index in [0.717, 1.165) is 12.8 Å². The van der Waals surface area contributed by atoms with E-state index in [9.17, 15) is 0 Å². The molecule has 3 aromatic carbocycles. The van der Waals surface area contributed by atoms with E-state index in [4.69, 9.17) is 0 Å². The zero-order valence-corrected chi connectivity index (χ0v) is 12.5. The van der Waals surface area contributed by atoms with E-state index < -0.39 is 0 Å². The van der Waals surface area contributed by atoms with Crippen molar-refractivity contribution in [3.8, 4) is 11.1 Å². The second-order valence-electron chi connectivity index (χ2n) is 5.86. The first-order valence-electron chi connectivity index (χ1n) is 7.76. The van der Waals surface area contributed by atoms with Crippen LogP contribution < -0.4 is 0 Å². The van der Waals surface area contributed by atoms with E-state index in [1.807, 2.05) is 6.08 Å². The predicted octanol–water partition coefficient (Wildman–Crippen LogP) is 5.49. The third-order valence-corrected chi connectivity index (χ3v) is 4.59. The normalized spacial score (nSPS) is 11.8. The molecule has 0 aromatic heterocycles. The van der Waals surface area contributed by atoms with Gasteiger partial charge in [-0.2, -0.15) is 0 Å². The highest BCUT2D eigenvalue weighted by Gasteiger charge is 2.21. The molecular weight excluding hydrogens is 264 g/mol. The van der Waals surface area contributed by atoms with Gasteiger partial charge in [-0.05, 0) is 51.8 Å². The van der Waals surface area contributed by atoms with E-state index in [0.29, 0.717) is 0 Å². The molecule has 0 unspecified atom stereocenters. The van der Waals surface area contributed by atoms with Crippen molar-refractivity contribution in [3.05, 3.63) is 101 Å². The highest BCUT2D eigenvalue weighted by Crippen LogP contribution is 2.40. The Kier molecular flexibility index (Phi) is 3.16. The first kappa shape index (κ1) is 13.1. The number of benzene rings is 3. The van der Waals surface area contributed by atoms with Crippen LogP contribution in [0.1, 0.15) is 27.8 Å². The maximum absolute atomic E-state index is 4.01. The topological polar surface area (TPSA) is 0 Å². The second kappa shape index (κ2) is 5.31. The van der Waals surface area contributed by atoms with E-state index in [1.54, 1.807) is 0 Å². The largest absolute Gasteiger partial charge is 0.0985 e. The van der Waals surface area contributed by atoms with Gasteiger partial charge in [-0.1, -0.05) is 79.4 Å². The van der Waals surface area contributed by atoms with Crippen LogP contribution in [0.3, 0.4) is 0 Å². The number of rotatable bonds is 3. The van der Waals surface area contributed by atoms with Gasteiger partial charge >= 0.3 is 0 Å². The van der Waals surface area contributed by atoms with Crippen molar-refractivity contribution in [1.29, 1.82) is 0 Å². The monoisotopic (exact) mass is 282 g/mol. The molecule has 0 aliphatic heterocycles. The Morgan fingerprint density at radius 3 is 2.41 bits per heavy atom. The SMILES string of the molecule is C=Cc1ccc2c(c1Cc1ccccc1)Cc1ccccc1-2. The molecule has 0 N–H and O–H groups in total. The summed E-state index contributed by atoms with van der Waals surface area (Å²) in [4.78, 5) is 0. The van der Waals surface area contributed by atoms with Gasteiger partial charge in [0.25, 0.3) is 0 Å². The molecule has 3 aromatic rings. The maximum atomic E-state index is 4.01. The van der Waals surface area contributed by atoms with Crippen LogP contribution in [-0.4, -0.2) is 0 Å². The summed E-state index contributed by atoms with van der Waals surface area (Å²) in [5.41, 5.74) is 9.74. The molecule has 0 saturated heterocycles. The van der Waals surface area contributed by atoms with Crippen LogP contribution in [0.25, 0.3) is 17.2 Å². The highest BCUT2D eigenvalue weighted by molar-refractivity contribution is 5.80. The van der Waals surface area contributed by atoms with E-state index in [1.165, 1.54) is 38.9 Å². The lowest BCUT2D eigenvalue weighted by molar-refractivity contribution is 1.12. The molecule has 4 rings (SSSR count). The Morgan fingerprint density at radius 2 is 1.59 bits per heavy atom. The summed E-state index contributed by atoms with van der Waals surface area (Å²) >= 11 is 0. The van der Waals surface area contributed by atoms with E-state index >= 15 is 0 Å². The molecule has 1 aliphatic carbocycles. The van der Waals surface area contributed by atoms with Gasteiger partial charge in [0.1, 0.15) is 0 Å². The molecule has 0 fully saturated rings. The van der Waals surface area contributed by atoms with Crippen LogP contribution in [0.2, 0.25) is 0 Å². The van der Waals surface area contributed by atoms with Gasteiger partial charge in [0.05, 0.1) is 0 Å². The molecule has 0 nitrogen and oxygen atoms in total. The third-order valence-electron chi connectivity index (χ3n) is 4.59. The fourth-order valence-corrected chi connectivity index (χ4v) is 3.49. The minimum atomic E-state index is 0.972. The molecule has 1 aliphatic rings. The number of hydrogen-bond acceptors (Lipinski definition) is 0. The van der Waals surface area contributed by atoms with Gasteiger partial charge < -0.3 is 0 Å². The van der Waals surface area contributed by atoms with Crippen molar-refractivity contribution in [2.75, 3.05) is 0 Å². The number of fused-ring (bicyclic) bond motifs is 3. The average Bonchev–Trinajstić information content (AvgIpc) is 2.95. The maximum Gasteiger partial charge on any atom is -0.00104 e. The Balaban J connectivity index is 1.86. The van der Waals surface area contributed by atoms with Crippen molar-refractivity contribution in [1.82, 2.24) is 0 Å². The van der Waals surface area contributed by atoms with Crippen LogP contribution in [-0.2, 0) is 12.8 Å². The van der Waals surface area contributed by atoms with Crippen molar-refractivity contribution in [2.24, 2.45) is 0 Å². The molecular formula is C22H18. The molecule has 0 heterocycles. The molecule has 22 heavy (non-hydrogen) atoms. The highest BCUT2D eigenvalue weighted by atomic mass is 14.3. The Hall–Kier alpha value is -2.60. The van der Waals surface area contributed by atoms with E-state index in [2.05, 4.69) is 73.3 Å². The molecule has 0 heteroatoms. The van der Waals surface area contributed by atoms with Crippen molar-refractivity contribution < 1.29 is 0 Å². The first-order chi connectivity index (χ1) is 10.9. The van der Waals surface area contributed by atoms with Gasteiger partial charge in [0.15, 0.2) is 0 Å². The summed E-state index contributed by atoms with van der Waals surface area (Å²) in [5, 5.41) is 0. The fourth-order valence-electron chi connectivity index (χ4n) is 3.49. The lowest BCUT2D eigenvalue weighted by Crippen LogP contribution is -1.98. The minimum absolute atomic E-state index is 0.972. The summed E-state index contributed by atoms with van der Waals surface area (Å²) in [5.74, 6) is 0. The zero-order chi connectivity index (χ0) is 14.9. The number of hydrogen-bond donors (Lipinski definition) is 0. The van der Waals surface area contributed by atoms with Crippen LogP contribution in [0.4, 0.5) is 0 Å². The van der Waals surface area contributed by atoms with Gasteiger partial charge in [-0.25, -0.2) is 0 Å². The summed E-state index contributed by atoms with van der Waals surface area (Å²) in [6.07, 6.45) is 4.00. The summed E-state index contributed by atoms with van der Waals surface area (Å²) in [6.45, 7) is 4.01. The molecule has 0 spiro atoms. The minimum Gasteiger partial charge on any atom is -0.0985 e. The zero-order valence-electron chi connectivity index (χ0n) is 12.5. The van der Waals surface area contributed by atoms with Crippen molar-refractivity contribution >= 4 is 6.08 Å². The van der Waals surface area contributed by atoms with Crippen molar-refractivity contribution in [2.45, 2.75) is 12.8 Å². The Labute approximate surface area is 131 Å². The fraction of sp³-hybridized carbons (Fsp3) is 0.0909. The van der Waals surface area contributed by atoms with Crippen LogP contribution in [0, 0.1) is 0 Å². The first-order valence-corrected chi connectivity index (χ1v) is 7.76. The molecule has 0 saturated carbocycles. The average molecular weight is 282 g/mol. The summed E-state index contributed by atoms with van der Waals surface area (Å²) < 4.78 is 0. The van der Waals surface area contributed by atoms with Gasteiger partial charge in [-0.3, -0.25) is 0 Å². The third kappa shape index (κ3) is 2.08. The Bertz CT molecular complexity index is 841. The van der Waals surface area contributed by atoms with Crippen molar-refractivity contribution in [3.63, 3.8) is 0 Å². The predicted molar refractivity (Wildman–Crippen MR) is 94.0 cm³/mol. The second-order valence-corrected chi connectivity index (χ2v) is 5.86. The smallest absolute Gasteiger partial charge is 0.00104 e. The van der Waals surface area contributed by atoms with Gasteiger partial charge in [-0.15, -0.1) is 0 Å². The standard InChI is InChI=1S/C22H18/c1-2-17-12-13-20-19-11-7-6-10-18(19)15-22(20)21(17)14-16-8-4-3-5-9-16/h2-13H,1,14-15H2. The molecule has 0 amide bonds. The molecule has 0 bridgehead atoms. The quantitative estimate of drug-likeness (QED) is 0.466. The van der Waals surface area contributed by atoms with Crippen LogP contribution in [0.15, 0.2) is 73.3 Å². The Morgan fingerprint density at radius 1 is 0.818 bits per heavy atom. The van der Waals surface area contributed by atoms with E-state index in [-0.39, 0.29) is 0 Å². The lowest BCUT2D eigenvalue weighted by atomic mass is 9.91. The molecule has 0 atom stereocenters. The van der Waals surface area contributed by atoms with Gasteiger partial charge in [0, 0.05) is 0 Å². The molecule has 0 radical (unpaired) electrons. The summed E-state index contributed by atoms with van der Waals surface area (Å²) in [7, 11) is 0. The van der Waals surface area contributed by atoms with Crippen LogP contribution >= 0.6 is 0 Å². The summed E-state index contributed by atoms with van der Waals surface area (Å²) in [6, 6.07) is 23.9. The molecule has 106 valence electrons.